The molecule has 0 aliphatic carbocycles. The van der Waals surface area contributed by atoms with Crippen LogP contribution in [0.4, 0.5) is 0 Å². The average Bonchev–Trinajstić information content (AvgIpc) is 2.73. The van der Waals surface area contributed by atoms with E-state index in [9.17, 15) is 0 Å². The smallest absolute Gasteiger partial charge is 0.0641 e. The molecule has 0 saturated carbocycles. The van der Waals surface area contributed by atoms with Gasteiger partial charge in [0.05, 0.1) is 5.69 Å². The Bertz CT molecular complexity index is 529. The minimum absolute atomic E-state index is 0.923. The Morgan fingerprint density at radius 1 is 1.15 bits per heavy atom. The van der Waals surface area contributed by atoms with Gasteiger partial charge in [0.1, 0.15) is 0 Å². The fourth-order valence-electron chi connectivity index (χ4n) is 2.54. The van der Waals surface area contributed by atoms with Crippen molar-refractivity contribution in [2.24, 2.45) is 0 Å². The summed E-state index contributed by atoms with van der Waals surface area (Å²) in [5, 5.41) is 8.06. The van der Waals surface area contributed by atoms with Crippen LogP contribution in [-0.4, -0.2) is 16.3 Å². The summed E-state index contributed by atoms with van der Waals surface area (Å²) in [5.41, 5.74) is 5.22. The molecule has 1 N–H and O–H groups in total. The molecule has 0 amide bonds. The molecule has 3 nitrogen and oxygen atoms in total. The van der Waals surface area contributed by atoms with Gasteiger partial charge in [-0.1, -0.05) is 37.3 Å². The summed E-state index contributed by atoms with van der Waals surface area (Å²) in [6, 6.07) is 10.7. The van der Waals surface area contributed by atoms with Crippen molar-refractivity contribution >= 4 is 0 Å². The highest BCUT2D eigenvalue weighted by atomic mass is 15.3. The summed E-state index contributed by atoms with van der Waals surface area (Å²) < 4.78 is 2.16. The van der Waals surface area contributed by atoms with Gasteiger partial charge in [-0.25, -0.2) is 0 Å². The first kappa shape index (κ1) is 14.8. The molecule has 0 unspecified atom stereocenters. The van der Waals surface area contributed by atoms with E-state index in [-0.39, 0.29) is 0 Å². The van der Waals surface area contributed by atoms with Crippen LogP contribution in [0.25, 0.3) is 0 Å². The Kier molecular flexibility index (Phi) is 5.36. The number of aromatic nitrogens is 2. The fraction of sp³-hybridized carbons (Fsp3) is 0.471. The molecule has 0 atom stereocenters. The van der Waals surface area contributed by atoms with E-state index in [0.29, 0.717) is 0 Å². The Labute approximate surface area is 122 Å². The third kappa shape index (κ3) is 3.70. The predicted octanol–water partition coefficient (Wildman–Crippen LogP) is 3.24. The molecule has 0 bridgehead atoms. The molecular weight excluding hydrogens is 246 g/mol. The highest BCUT2D eigenvalue weighted by molar-refractivity contribution is 5.24. The number of nitrogens with one attached hydrogen (secondary N) is 1. The second-order valence-electron chi connectivity index (χ2n) is 5.24. The van der Waals surface area contributed by atoms with Crippen LogP contribution in [0.3, 0.4) is 0 Å². The number of aryl methyl sites for hydroxylation is 3. The first-order valence-electron chi connectivity index (χ1n) is 7.50. The molecule has 0 spiro atoms. The van der Waals surface area contributed by atoms with Crippen molar-refractivity contribution in [1.82, 2.24) is 15.1 Å². The number of benzene rings is 1. The molecule has 108 valence electrons. The van der Waals surface area contributed by atoms with Crippen molar-refractivity contribution in [3.8, 4) is 0 Å². The SMILES string of the molecule is CCNCc1c(C)nn(CCCc2ccccc2)c1C. The van der Waals surface area contributed by atoms with Crippen LogP contribution in [-0.2, 0) is 19.5 Å². The highest BCUT2D eigenvalue weighted by Crippen LogP contribution is 2.14. The van der Waals surface area contributed by atoms with Gasteiger partial charge in [-0.3, -0.25) is 4.68 Å². The third-order valence-electron chi connectivity index (χ3n) is 3.76. The number of hydrogen-bond acceptors (Lipinski definition) is 2. The average molecular weight is 271 g/mol. The zero-order valence-corrected chi connectivity index (χ0v) is 12.8. The lowest BCUT2D eigenvalue weighted by Crippen LogP contribution is -2.13. The molecule has 2 aromatic rings. The van der Waals surface area contributed by atoms with Crippen LogP contribution in [0.15, 0.2) is 30.3 Å². The Hall–Kier alpha value is -1.61. The van der Waals surface area contributed by atoms with Crippen molar-refractivity contribution in [3.05, 3.63) is 52.8 Å². The minimum Gasteiger partial charge on any atom is -0.313 e. The molecule has 20 heavy (non-hydrogen) atoms. The van der Waals surface area contributed by atoms with Gasteiger partial charge in [0.2, 0.25) is 0 Å². The number of hydrogen-bond donors (Lipinski definition) is 1. The van der Waals surface area contributed by atoms with Gasteiger partial charge in [-0.05, 0) is 38.8 Å². The van der Waals surface area contributed by atoms with Crippen LogP contribution in [0.2, 0.25) is 0 Å². The van der Waals surface area contributed by atoms with E-state index in [0.717, 1.165) is 38.2 Å². The Morgan fingerprint density at radius 3 is 2.60 bits per heavy atom. The monoisotopic (exact) mass is 271 g/mol. The summed E-state index contributed by atoms with van der Waals surface area (Å²) in [5.74, 6) is 0. The lowest BCUT2D eigenvalue weighted by Gasteiger charge is -2.06. The first-order chi connectivity index (χ1) is 9.72. The molecule has 0 aliphatic heterocycles. The van der Waals surface area contributed by atoms with Gasteiger partial charge in [0.15, 0.2) is 0 Å². The largest absolute Gasteiger partial charge is 0.313 e. The molecule has 1 aromatic heterocycles. The van der Waals surface area contributed by atoms with Crippen molar-refractivity contribution in [2.45, 2.75) is 46.7 Å². The van der Waals surface area contributed by atoms with Gasteiger partial charge >= 0.3 is 0 Å². The Morgan fingerprint density at radius 2 is 1.90 bits per heavy atom. The molecular formula is C17H25N3. The first-order valence-corrected chi connectivity index (χ1v) is 7.50. The number of rotatable bonds is 7. The predicted molar refractivity (Wildman–Crippen MR) is 83.8 cm³/mol. The van der Waals surface area contributed by atoms with E-state index in [1.807, 2.05) is 0 Å². The van der Waals surface area contributed by atoms with E-state index < -0.39 is 0 Å². The van der Waals surface area contributed by atoms with Crippen molar-refractivity contribution < 1.29 is 0 Å². The maximum Gasteiger partial charge on any atom is 0.0641 e. The summed E-state index contributed by atoms with van der Waals surface area (Å²) >= 11 is 0. The summed E-state index contributed by atoms with van der Waals surface area (Å²) in [6.07, 6.45) is 2.24. The number of nitrogens with zero attached hydrogens (tertiary/aromatic N) is 2. The molecule has 2 rings (SSSR count). The van der Waals surface area contributed by atoms with Crippen LogP contribution in [0.5, 0.6) is 0 Å². The second kappa shape index (κ2) is 7.25. The standard InChI is InChI=1S/C17H25N3/c1-4-18-13-17-14(2)19-20(15(17)3)12-8-11-16-9-6-5-7-10-16/h5-7,9-10,18H,4,8,11-13H2,1-3H3. The third-order valence-corrected chi connectivity index (χ3v) is 3.76. The van der Waals surface area contributed by atoms with Gasteiger partial charge < -0.3 is 5.32 Å². The summed E-state index contributed by atoms with van der Waals surface area (Å²) in [6.45, 7) is 9.33. The van der Waals surface area contributed by atoms with E-state index in [1.165, 1.54) is 16.8 Å². The van der Waals surface area contributed by atoms with Crippen molar-refractivity contribution in [3.63, 3.8) is 0 Å². The molecule has 0 aliphatic rings. The van der Waals surface area contributed by atoms with Crippen molar-refractivity contribution in [1.29, 1.82) is 0 Å². The lowest BCUT2D eigenvalue weighted by molar-refractivity contribution is 0.561. The van der Waals surface area contributed by atoms with Crippen LogP contribution < -0.4 is 5.32 Å². The van der Waals surface area contributed by atoms with E-state index in [2.05, 4.69) is 66.2 Å². The van der Waals surface area contributed by atoms with Gasteiger partial charge in [-0.2, -0.15) is 5.10 Å². The topological polar surface area (TPSA) is 29.9 Å². The molecule has 0 radical (unpaired) electrons. The molecule has 0 fully saturated rings. The normalized spacial score (nSPS) is 10.9. The quantitative estimate of drug-likeness (QED) is 0.838. The molecule has 0 saturated heterocycles. The zero-order valence-electron chi connectivity index (χ0n) is 12.8. The molecule has 1 aromatic carbocycles. The second-order valence-corrected chi connectivity index (χ2v) is 5.24. The summed E-state index contributed by atoms with van der Waals surface area (Å²) in [7, 11) is 0. The van der Waals surface area contributed by atoms with E-state index in [4.69, 9.17) is 0 Å². The molecule has 3 heteroatoms. The van der Waals surface area contributed by atoms with Gasteiger partial charge in [0, 0.05) is 24.3 Å². The fourth-order valence-corrected chi connectivity index (χ4v) is 2.54. The van der Waals surface area contributed by atoms with Gasteiger partial charge in [0.25, 0.3) is 0 Å². The zero-order chi connectivity index (χ0) is 14.4. The van der Waals surface area contributed by atoms with Gasteiger partial charge in [-0.15, -0.1) is 0 Å². The molecule has 1 heterocycles. The highest BCUT2D eigenvalue weighted by Gasteiger charge is 2.10. The van der Waals surface area contributed by atoms with E-state index >= 15 is 0 Å². The maximum absolute atomic E-state index is 4.67. The van der Waals surface area contributed by atoms with Crippen LogP contribution >= 0.6 is 0 Å². The maximum atomic E-state index is 4.67. The lowest BCUT2D eigenvalue weighted by atomic mass is 10.1. The minimum atomic E-state index is 0.923. The van der Waals surface area contributed by atoms with E-state index in [1.54, 1.807) is 0 Å². The van der Waals surface area contributed by atoms with Crippen LogP contribution in [0, 0.1) is 13.8 Å². The van der Waals surface area contributed by atoms with Crippen LogP contribution in [0.1, 0.15) is 35.9 Å². The Balaban J connectivity index is 1.93. The van der Waals surface area contributed by atoms with Crippen molar-refractivity contribution in [2.75, 3.05) is 6.54 Å². The summed E-state index contributed by atoms with van der Waals surface area (Å²) in [4.78, 5) is 0.